The molecule has 1 rings (SSSR count). The quantitative estimate of drug-likeness (QED) is 0.739. The van der Waals surface area contributed by atoms with Crippen molar-refractivity contribution in [3.05, 3.63) is 29.3 Å². The monoisotopic (exact) mass is 297 g/mol. The molecular formula is C16H27NO2S. The van der Waals surface area contributed by atoms with Crippen LogP contribution in [0.3, 0.4) is 0 Å². The molecule has 114 valence electrons. The second kappa shape index (κ2) is 7.79. The van der Waals surface area contributed by atoms with Crippen molar-refractivity contribution in [3.63, 3.8) is 0 Å². The highest BCUT2D eigenvalue weighted by molar-refractivity contribution is 7.89. The van der Waals surface area contributed by atoms with Crippen LogP contribution < -0.4 is 4.72 Å². The molecule has 0 aliphatic rings. The summed E-state index contributed by atoms with van der Waals surface area (Å²) in [4.78, 5) is 0.392. The standard InChI is InChI=1S/C16H27NO2S/c1-5-6-7-8-9-15(4)17-20(18,19)16-11-10-13(2)12-14(16)3/h10-12,15,17H,5-9H2,1-4H3. The average Bonchev–Trinajstić information content (AvgIpc) is 2.33. The number of benzene rings is 1. The van der Waals surface area contributed by atoms with Crippen LogP contribution in [0.2, 0.25) is 0 Å². The van der Waals surface area contributed by atoms with E-state index in [1.807, 2.05) is 32.9 Å². The second-order valence-corrected chi connectivity index (χ2v) is 7.32. The first-order valence-corrected chi connectivity index (χ1v) is 8.94. The largest absolute Gasteiger partial charge is 0.241 e. The maximum Gasteiger partial charge on any atom is 0.241 e. The summed E-state index contributed by atoms with van der Waals surface area (Å²) in [7, 11) is -3.40. The first-order valence-electron chi connectivity index (χ1n) is 7.46. The Balaban J connectivity index is 2.65. The maximum absolute atomic E-state index is 12.4. The van der Waals surface area contributed by atoms with Gasteiger partial charge in [-0.2, -0.15) is 0 Å². The molecule has 20 heavy (non-hydrogen) atoms. The second-order valence-electron chi connectivity index (χ2n) is 5.64. The minimum Gasteiger partial charge on any atom is -0.208 e. The molecule has 0 fully saturated rings. The third kappa shape index (κ3) is 5.25. The Hall–Kier alpha value is -0.870. The molecule has 0 amide bonds. The van der Waals surface area contributed by atoms with Gasteiger partial charge < -0.3 is 0 Å². The molecule has 1 unspecified atom stereocenters. The van der Waals surface area contributed by atoms with Crippen LogP contribution >= 0.6 is 0 Å². The first-order chi connectivity index (χ1) is 9.36. The minimum atomic E-state index is -3.40. The van der Waals surface area contributed by atoms with Crippen LogP contribution in [0.25, 0.3) is 0 Å². The molecule has 0 aromatic heterocycles. The van der Waals surface area contributed by atoms with Gasteiger partial charge in [0, 0.05) is 6.04 Å². The van der Waals surface area contributed by atoms with Gasteiger partial charge >= 0.3 is 0 Å². The zero-order valence-corrected chi connectivity index (χ0v) is 13.9. The van der Waals surface area contributed by atoms with Crippen molar-refractivity contribution in [1.29, 1.82) is 0 Å². The molecule has 1 aromatic carbocycles. The predicted octanol–water partition coefficient (Wildman–Crippen LogP) is 3.94. The van der Waals surface area contributed by atoms with Gasteiger partial charge in [0.2, 0.25) is 10.0 Å². The zero-order valence-electron chi connectivity index (χ0n) is 13.1. The summed E-state index contributed by atoms with van der Waals surface area (Å²) in [5, 5.41) is 0. The smallest absolute Gasteiger partial charge is 0.208 e. The van der Waals surface area contributed by atoms with Crippen LogP contribution in [0.5, 0.6) is 0 Å². The van der Waals surface area contributed by atoms with E-state index in [4.69, 9.17) is 0 Å². The highest BCUT2D eigenvalue weighted by Gasteiger charge is 2.19. The molecule has 0 radical (unpaired) electrons. The summed E-state index contributed by atoms with van der Waals surface area (Å²) in [5.74, 6) is 0. The Labute approximate surface area is 123 Å². The van der Waals surface area contributed by atoms with Crippen LogP contribution in [0.15, 0.2) is 23.1 Å². The zero-order chi connectivity index (χ0) is 15.2. The van der Waals surface area contributed by atoms with E-state index in [-0.39, 0.29) is 6.04 Å². The first kappa shape index (κ1) is 17.2. The lowest BCUT2D eigenvalue weighted by Gasteiger charge is -2.15. The van der Waals surface area contributed by atoms with Gasteiger partial charge in [-0.05, 0) is 38.8 Å². The lowest BCUT2D eigenvalue weighted by atomic mass is 10.1. The number of sulfonamides is 1. The molecule has 0 saturated heterocycles. The van der Waals surface area contributed by atoms with Crippen LogP contribution in [-0.4, -0.2) is 14.5 Å². The van der Waals surface area contributed by atoms with E-state index in [1.54, 1.807) is 6.07 Å². The third-order valence-electron chi connectivity index (χ3n) is 3.47. The molecule has 1 aromatic rings. The van der Waals surface area contributed by atoms with Gasteiger partial charge in [-0.1, -0.05) is 50.3 Å². The van der Waals surface area contributed by atoms with E-state index >= 15 is 0 Å². The van der Waals surface area contributed by atoms with Crippen molar-refractivity contribution in [1.82, 2.24) is 4.72 Å². The summed E-state index contributed by atoms with van der Waals surface area (Å²) in [6, 6.07) is 5.42. The Kier molecular flexibility index (Phi) is 6.69. The molecule has 0 aliphatic heterocycles. The molecule has 0 saturated carbocycles. The number of nitrogens with one attached hydrogen (secondary N) is 1. The molecule has 1 N–H and O–H groups in total. The molecule has 4 heteroatoms. The van der Waals surface area contributed by atoms with Gasteiger partial charge in [0.05, 0.1) is 4.90 Å². The lowest BCUT2D eigenvalue weighted by molar-refractivity contribution is 0.521. The van der Waals surface area contributed by atoms with Crippen molar-refractivity contribution in [2.45, 2.75) is 70.7 Å². The molecule has 3 nitrogen and oxygen atoms in total. The third-order valence-corrected chi connectivity index (χ3v) is 5.22. The Bertz CT molecular complexity index is 523. The van der Waals surface area contributed by atoms with E-state index in [1.165, 1.54) is 19.3 Å². The van der Waals surface area contributed by atoms with Gasteiger partial charge in [0.1, 0.15) is 0 Å². The van der Waals surface area contributed by atoms with Crippen LogP contribution in [0.1, 0.15) is 57.1 Å². The number of hydrogen-bond donors (Lipinski definition) is 1. The molecule has 0 heterocycles. The Morgan fingerprint density at radius 3 is 2.45 bits per heavy atom. The number of rotatable bonds is 8. The fourth-order valence-corrected chi connectivity index (χ4v) is 3.87. The predicted molar refractivity (Wildman–Crippen MR) is 84.5 cm³/mol. The van der Waals surface area contributed by atoms with Gasteiger partial charge in [-0.15, -0.1) is 0 Å². The summed E-state index contributed by atoms with van der Waals surface area (Å²) < 4.78 is 27.5. The Morgan fingerprint density at radius 1 is 1.15 bits per heavy atom. The summed E-state index contributed by atoms with van der Waals surface area (Å²) in [5.41, 5.74) is 1.88. The molecule has 1 atom stereocenters. The molecule has 0 aliphatic carbocycles. The highest BCUT2D eigenvalue weighted by Crippen LogP contribution is 2.17. The molecule has 0 spiro atoms. The van der Waals surface area contributed by atoms with E-state index in [0.29, 0.717) is 4.90 Å². The van der Waals surface area contributed by atoms with Crippen molar-refractivity contribution in [2.75, 3.05) is 0 Å². The number of hydrogen-bond acceptors (Lipinski definition) is 2. The van der Waals surface area contributed by atoms with Gasteiger partial charge in [0.15, 0.2) is 0 Å². The molecular weight excluding hydrogens is 270 g/mol. The van der Waals surface area contributed by atoms with Crippen LogP contribution in [0, 0.1) is 13.8 Å². The van der Waals surface area contributed by atoms with E-state index < -0.39 is 10.0 Å². The van der Waals surface area contributed by atoms with Gasteiger partial charge in [0.25, 0.3) is 0 Å². The normalized spacial score (nSPS) is 13.4. The SMILES string of the molecule is CCCCCCC(C)NS(=O)(=O)c1ccc(C)cc1C. The van der Waals surface area contributed by atoms with E-state index in [9.17, 15) is 8.42 Å². The molecule has 0 bridgehead atoms. The van der Waals surface area contributed by atoms with Gasteiger partial charge in [-0.25, -0.2) is 13.1 Å². The van der Waals surface area contributed by atoms with Crippen molar-refractivity contribution in [3.8, 4) is 0 Å². The summed E-state index contributed by atoms with van der Waals surface area (Å²) in [6.45, 7) is 7.92. The van der Waals surface area contributed by atoms with Crippen molar-refractivity contribution >= 4 is 10.0 Å². The van der Waals surface area contributed by atoms with E-state index in [2.05, 4.69) is 11.6 Å². The van der Waals surface area contributed by atoms with Crippen LogP contribution in [0.4, 0.5) is 0 Å². The summed E-state index contributed by atoms with van der Waals surface area (Å²) in [6.07, 6.45) is 5.56. The lowest BCUT2D eigenvalue weighted by Crippen LogP contribution is -2.33. The van der Waals surface area contributed by atoms with Crippen LogP contribution in [-0.2, 0) is 10.0 Å². The maximum atomic E-state index is 12.4. The van der Waals surface area contributed by atoms with Gasteiger partial charge in [-0.3, -0.25) is 0 Å². The fraction of sp³-hybridized carbons (Fsp3) is 0.625. The Morgan fingerprint density at radius 2 is 1.85 bits per heavy atom. The summed E-state index contributed by atoms with van der Waals surface area (Å²) >= 11 is 0. The minimum absolute atomic E-state index is 0.0161. The van der Waals surface area contributed by atoms with E-state index in [0.717, 1.165) is 24.0 Å². The number of unbranched alkanes of at least 4 members (excludes halogenated alkanes) is 3. The average molecular weight is 297 g/mol. The van der Waals surface area contributed by atoms with Crippen molar-refractivity contribution < 1.29 is 8.42 Å². The fourth-order valence-electron chi connectivity index (χ4n) is 2.37. The highest BCUT2D eigenvalue weighted by atomic mass is 32.2. The number of aryl methyl sites for hydroxylation is 2. The van der Waals surface area contributed by atoms with Crippen molar-refractivity contribution in [2.24, 2.45) is 0 Å². The topological polar surface area (TPSA) is 46.2 Å².